The van der Waals surface area contributed by atoms with Crippen LogP contribution in [0.3, 0.4) is 0 Å². The number of rotatable bonds is 12. The van der Waals surface area contributed by atoms with Crippen LogP contribution in [0.2, 0.25) is 0 Å². The zero-order valence-corrected chi connectivity index (χ0v) is 17.6. The average molecular weight is 374 g/mol. The minimum Gasteiger partial charge on any atom is -0.382 e. The van der Waals surface area contributed by atoms with Crippen LogP contribution in [0.5, 0.6) is 0 Å². The molecule has 0 radical (unpaired) electrons. The monoisotopic (exact) mass is 373 g/mol. The Labute approximate surface area is 162 Å². The van der Waals surface area contributed by atoms with Gasteiger partial charge in [-0.05, 0) is 45.4 Å². The van der Waals surface area contributed by atoms with Gasteiger partial charge in [-0.2, -0.15) is 0 Å². The number of Topliss-reactive ketones (excluding diaryl/α,β-unsaturated/α-hetero) is 1. The van der Waals surface area contributed by atoms with Gasteiger partial charge in [0.2, 0.25) is 5.91 Å². The van der Waals surface area contributed by atoms with Crippen molar-refractivity contribution in [3.05, 3.63) is 0 Å². The molecular weight excluding hydrogens is 330 g/mol. The highest BCUT2D eigenvalue weighted by atomic mass is 16.5. The third kappa shape index (κ3) is 11.6. The van der Waals surface area contributed by atoms with E-state index in [4.69, 9.17) is 9.47 Å². The Kier molecular flexibility index (Phi) is 15.7. The SMILES string of the molecule is CC.CCOCCCOCCCC(=O)NC1CCC(C(=O)C(C)C)CC1.[HH]. The van der Waals surface area contributed by atoms with Crippen molar-refractivity contribution in [1.29, 1.82) is 0 Å². The van der Waals surface area contributed by atoms with E-state index < -0.39 is 0 Å². The van der Waals surface area contributed by atoms with E-state index in [1.54, 1.807) is 0 Å². The summed E-state index contributed by atoms with van der Waals surface area (Å²) < 4.78 is 10.7. The topological polar surface area (TPSA) is 64.6 Å². The van der Waals surface area contributed by atoms with Crippen molar-refractivity contribution >= 4 is 11.7 Å². The van der Waals surface area contributed by atoms with Gasteiger partial charge in [0.15, 0.2) is 0 Å². The Morgan fingerprint density at radius 3 is 2.15 bits per heavy atom. The maximum absolute atomic E-state index is 12.0. The molecule has 0 atom stereocenters. The summed E-state index contributed by atoms with van der Waals surface area (Å²) in [4.78, 5) is 24.0. The number of carbonyl (C=O) groups excluding carboxylic acids is 2. The van der Waals surface area contributed by atoms with Crippen molar-refractivity contribution in [1.82, 2.24) is 5.32 Å². The summed E-state index contributed by atoms with van der Waals surface area (Å²) in [6, 6.07) is 0.237. The molecule has 5 nitrogen and oxygen atoms in total. The number of ketones is 1. The van der Waals surface area contributed by atoms with Gasteiger partial charge in [-0.1, -0.05) is 27.7 Å². The first-order chi connectivity index (χ1) is 12.5. The van der Waals surface area contributed by atoms with Gasteiger partial charge in [-0.25, -0.2) is 0 Å². The molecule has 0 aromatic heterocycles. The van der Waals surface area contributed by atoms with Crippen molar-refractivity contribution in [3.8, 4) is 0 Å². The fourth-order valence-corrected chi connectivity index (χ4v) is 3.14. The van der Waals surface area contributed by atoms with Crippen LogP contribution >= 0.6 is 0 Å². The number of carbonyl (C=O) groups is 2. The summed E-state index contributed by atoms with van der Waals surface area (Å²) in [5, 5.41) is 3.10. The first-order valence-electron chi connectivity index (χ1n) is 10.5. The van der Waals surface area contributed by atoms with Crippen molar-refractivity contribution in [3.63, 3.8) is 0 Å². The Hall–Kier alpha value is -0.940. The predicted molar refractivity (Wildman–Crippen MR) is 108 cm³/mol. The second kappa shape index (κ2) is 16.2. The molecule has 26 heavy (non-hydrogen) atoms. The summed E-state index contributed by atoms with van der Waals surface area (Å²) in [5.41, 5.74) is 0. The van der Waals surface area contributed by atoms with Crippen LogP contribution in [0.4, 0.5) is 0 Å². The van der Waals surface area contributed by atoms with Crippen LogP contribution in [0.25, 0.3) is 0 Å². The molecule has 156 valence electrons. The minimum absolute atomic E-state index is 0. The lowest BCUT2D eigenvalue weighted by Gasteiger charge is -2.29. The number of amides is 1. The van der Waals surface area contributed by atoms with E-state index in [1.165, 1.54) is 0 Å². The lowest BCUT2D eigenvalue weighted by molar-refractivity contribution is -0.127. The molecule has 0 aliphatic heterocycles. The van der Waals surface area contributed by atoms with Crippen LogP contribution in [-0.4, -0.2) is 44.2 Å². The van der Waals surface area contributed by atoms with Crippen molar-refractivity contribution in [2.45, 2.75) is 85.6 Å². The molecule has 0 bridgehead atoms. The molecular formula is C21H43NO4. The smallest absolute Gasteiger partial charge is 0.220 e. The lowest BCUT2D eigenvalue weighted by Crippen LogP contribution is -2.39. The van der Waals surface area contributed by atoms with Crippen LogP contribution in [0.1, 0.15) is 81.0 Å². The first-order valence-corrected chi connectivity index (χ1v) is 10.5. The summed E-state index contributed by atoms with van der Waals surface area (Å²) in [6.45, 7) is 12.7. The molecule has 1 aliphatic rings. The average Bonchev–Trinajstić information content (AvgIpc) is 2.65. The van der Waals surface area contributed by atoms with E-state index in [9.17, 15) is 9.59 Å². The van der Waals surface area contributed by atoms with Gasteiger partial charge in [-0.3, -0.25) is 9.59 Å². The lowest BCUT2D eigenvalue weighted by atomic mass is 9.80. The third-order valence-corrected chi connectivity index (χ3v) is 4.54. The largest absolute Gasteiger partial charge is 0.382 e. The van der Waals surface area contributed by atoms with E-state index in [-0.39, 0.29) is 25.2 Å². The van der Waals surface area contributed by atoms with Crippen LogP contribution < -0.4 is 5.32 Å². The molecule has 5 heteroatoms. The number of hydrogen-bond acceptors (Lipinski definition) is 4. The molecule has 0 aromatic carbocycles. The van der Waals surface area contributed by atoms with Gasteiger partial charge in [0, 0.05) is 52.2 Å². The third-order valence-electron chi connectivity index (χ3n) is 4.54. The second-order valence-corrected chi connectivity index (χ2v) is 6.94. The fraction of sp³-hybridized carbons (Fsp3) is 0.905. The van der Waals surface area contributed by atoms with Crippen LogP contribution in [0, 0.1) is 11.8 Å². The Morgan fingerprint density at radius 1 is 1.00 bits per heavy atom. The summed E-state index contributed by atoms with van der Waals surface area (Å²) >= 11 is 0. The number of nitrogens with one attached hydrogen (secondary N) is 1. The minimum atomic E-state index is 0. The van der Waals surface area contributed by atoms with Crippen molar-refractivity contribution in [2.24, 2.45) is 11.8 Å². The van der Waals surface area contributed by atoms with Crippen LogP contribution in [0.15, 0.2) is 0 Å². The van der Waals surface area contributed by atoms with Gasteiger partial charge in [-0.15, -0.1) is 0 Å². The summed E-state index contributed by atoms with van der Waals surface area (Å²) in [5.74, 6) is 0.797. The molecule has 1 fully saturated rings. The van der Waals surface area contributed by atoms with E-state index >= 15 is 0 Å². The highest BCUT2D eigenvalue weighted by Crippen LogP contribution is 2.27. The maximum atomic E-state index is 12.0. The summed E-state index contributed by atoms with van der Waals surface area (Å²) in [7, 11) is 0. The molecule has 1 aliphatic carbocycles. The van der Waals surface area contributed by atoms with Gasteiger partial charge < -0.3 is 14.8 Å². The van der Waals surface area contributed by atoms with Crippen molar-refractivity contribution in [2.75, 3.05) is 26.4 Å². The van der Waals surface area contributed by atoms with E-state index in [1.807, 2.05) is 34.6 Å². The predicted octanol–water partition coefficient (Wildman–Crippen LogP) is 4.38. The zero-order valence-electron chi connectivity index (χ0n) is 17.6. The molecule has 1 amide bonds. The highest BCUT2D eigenvalue weighted by Gasteiger charge is 2.27. The quantitative estimate of drug-likeness (QED) is 0.516. The van der Waals surface area contributed by atoms with Gasteiger partial charge in [0.05, 0.1) is 0 Å². The molecule has 0 aromatic rings. The molecule has 0 saturated heterocycles. The molecule has 1 saturated carbocycles. The molecule has 0 spiro atoms. The molecule has 0 heterocycles. The number of ether oxygens (including phenoxy) is 2. The maximum Gasteiger partial charge on any atom is 0.220 e. The fourth-order valence-electron chi connectivity index (χ4n) is 3.14. The first kappa shape index (κ1) is 25.1. The van der Waals surface area contributed by atoms with E-state index in [0.717, 1.165) is 51.7 Å². The molecule has 1 rings (SSSR count). The van der Waals surface area contributed by atoms with Gasteiger partial charge in [0.1, 0.15) is 5.78 Å². The zero-order chi connectivity index (χ0) is 19.8. The summed E-state index contributed by atoms with van der Waals surface area (Å²) in [6.07, 6.45) is 5.82. The second-order valence-electron chi connectivity index (χ2n) is 6.94. The standard InChI is InChI=1S/C19H35NO4.C2H6.H2/c1-4-23-13-6-14-24-12-5-7-18(21)20-17-10-8-16(9-11-17)19(22)15(2)3;1-2;/h15-17H,4-14H2,1-3H3,(H,20,21);1-2H3;1H. The normalized spacial score (nSPS) is 19.6. The molecule has 1 N–H and O–H groups in total. The Morgan fingerprint density at radius 2 is 1.58 bits per heavy atom. The van der Waals surface area contributed by atoms with E-state index in [2.05, 4.69) is 5.32 Å². The van der Waals surface area contributed by atoms with E-state index in [0.29, 0.717) is 25.4 Å². The number of hydrogen-bond donors (Lipinski definition) is 1. The highest BCUT2D eigenvalue weighted by molar-refractivity contribution is 5.83. The Balaban J connectivity index is 0. The van der Waals surface area contributed by atoms with Crippen LogP contribution in [-0.2, 0) is 19.1 Å². The van der Waals surface area contributed by atoms with Crippen molar-refractivity contribution < 1.29 is 20.5 Å². The van der Waals surface area contributed by atoms with Gasteiger partial charge >= 0.3 is 0 Å². The molecule has 0 unspecified atom stereocenters. The van der Waals surface area contributed by atoms with Gasteiger partial charge in [0.25, 0.3) is 0 Å². The Bertz CT molecular complexity index is 369.